The smallest absolute Gasteiger partial charge is 0.125 e. The Morgan fingerprint density at radius 2 is 2.22 bits per heavy atom. The third-order valence-electron chi connectivity index (χ3n) is 4.07. The molecule has 3 heteroatoms. The molecule has 1 aromatic rings. The number of nitrogens with one attached hydrogen (secondary N) is 1. The minimum Gasteiger partial charge on any atom is -0.308 e. The van der Waals surface area contributed by atoms with Gasteiger partial charge in [0.15, 0.2) is 0 Å². The molecule has 0 radical (unpaired) electrons. The molecule has 1 aliphatic rings. The van der Waals surface area contributed by atoms with Crippen LogP contribution in [0.3, 0.4) is 0 Å². The molecule has 1 heterocycles. The number of rotatable bonds is 3. The third kappa shape index (κ3) is 3.52. The van der Waals surface area contributed by atoms with Gasteiger partial charge >= 0.3 is 0 Å². The van der Waals surface area contributed by atoms with Gasteiger partial charge in [-0.25, -0.2) is 9.97 Å². The van der Waals surface area contributed by atoms with Gasteiger partial charge in [0.1, 0.15) is 5.82 Å². The highest BCUT2D eigenvalue weighted by Crippen LogP contribution is 2.38. The average molecular weight is 247 g/mol. The van der Waals surface area contributed by atoms with Crippen LogP contribution in [0.1, 0.15) is 51.6 Å². The highest BCUT2D eigenvalue weighted by Gasteiger charge is 2.31. The molecule has 2 unspecified atom stereocenters. The number of nitrogens with zero attached hydrogens (tertiary/aromatic N) is 2. The molecule has 1 aromatic heterocycles. The summed E-state index contributed by atoms with van der Waals surface area (Å²) in [7, 11) is 0. The quantitative estimate of drug-likeness (QED) is 0.892. The molecular weight excluding hydrogens is 222 g/mol. The van der Waals surface area contributed by atoms with Gasteiger partial charge in [-0.05, 0) is 43.6 Å². The predicted octanol–water partition coefficient (Wildman–Crippen LogP) is 3.09. The summed E-state index contributed by atoms with van der Waals surface area (Å²) >= 11 is 0. The molecule has 0 aromatic carbocycles. The summed E-state index contributed by atoms with van der Waals surface area (Å²) in [6.45, 7) is 9.93. The van der Waals surface area contributed by atoms with E-state index in [4.69, 9.17) is 0 Å². The predicted molar refractivity (Wildman–Crippen MR) is 74.2 cm³/mol. The van der Waals surface area contributed by atoms with Crippen LogP contribution in [0, 0.1) is 18.3 Å². The standard InChI is InChI=1S/C15H25N3/c1-11-9-15(3,4)7-5-14(11)17-10-13-6-8-16-12(2)18-13/h6,8,11,14,17H,5,7,9-10H2,1-4H3. The Morgan fingerprint density at radius 1 is 1.44 bits per heavy atom. The van der Waals surface area contributed by atoms with E-state index in [-0.39, 0.29) is 0 Å². The van der Waals surface area contributed by atoms with E-state index >= 15 is 0 Å². The maximum absolute atomic E-state index is 4.44. The van der Waals surface area contributed by atoms with Crippen LogP contribution in [-0.2, 0) is 6.54 Å². The minimum absolute atomic E-state index is 0.517. The molecule has 0 amide bonds. The first kappa shape index (κ1) is 13.5. The molecule has 1 N–H and O–H groups in total. The van der Waals surface area contributed by atoms with E-state index in [1.165, 1.54) is 19.3 Å². The summed E-state index contributed by atoms with van der Waals surface area (Å²) in [4.78, 5) is 8.57. The van der Waals surface area contributed by atoms with Crippen molar-refractivity contribution in [2.75, 3.05) is 0 Å². The van der Waals surface area contributed by atoms with Gasteiger partial charge in [-0.1, -0.05) is 20.8 Å². The molecule has 1 fully saturated rings. The van der Waals surface area contributed by atoms with Gasteiger partial charge in [0, 0.05) is 18.8 Å². The first-order chi connectivity index (χ1) is 8.46. The highest BCUT2D eigenvalue weighted by molar-refractivity contribution is 5.01. The van der Waals surface area contributed by atoms with Crippen molar-refractivity contribution in [2.24, 2.45) is 11.3 Å². The number of aromatic nitrogens is 2. The Morgan fingerprint density at radius 3 is 2.89 bits per heavy atom. The summed E-state index contributed by atoms with van der Waals surface area (Å²) < 4.78 is 0. The Kier molecular flexibility index (Phi) is 4.00. The summed E-state index contributed by atoms with van der Waals surface area (Å²) in [6.07, 6.45) is 5.75. The van der Waals surface area contributed by atoms with Crippen molar-refractivity contribution < 1.29 is 0 Å². The van der Waals surface area contributed by atoms with Gasteiger partial charge in [-0.15, -0.1) is 0 Å². The fraction of sp³-hybridized carbons (Fsp3) is 0.733. The van der Waals surface area contributed by atoms with Crippen molar-refractivity contribution in [2.45, 2.75) is 59.5 Å². The van der Waals surface area contributed by atoms with Crippen LogP contribution in [0.15, 0.2) is 12.3 Å². The van der Waals surface area contributed by atoms with Gasteiger partial charge in [-0.3, -0.25) is 0 Å². The lowest BCUT2D eigenvalue weighted by Gasteiger charge is -2.39. The second-order valence-electron chi connectivity index (χ2n) is 6.47. The van der Waals surface area contributed by atoms with Crippen molar-refractivity contribution in [3.8, 4) is 0 Å². The first-order valence-electron chi connectivity index (χ1n) is 6.98. The van der Waals surface area contributed by atoms with Crippen molar-refractivity contribution in [1.82, 2.24) is 15.3 Å². The molecule has 3 nitrogen and oxygen atoms in total. The number of hydrogen-bond acceptors (Lipinski definition) is 3. The molecule has 100 valence electrons. The summed E-state index contributed by atoms with van der Waals surface area (Å²) in [6, 6.07) is 2.63. The molecule has 0 spiro atoms. The van der Waals surface area contributed by atoms with Crippen molar-refractivity contribution in [3.05, 3.63) is 23.8 Å². The third-order valence-corrected chi connectivity index (χ3v) is 4.07. The normalized spacial score (nSPS) is 27.1. The summed E-state index contributed by atoms with van der Waals surface area (Å²) in [5.74, 6) is 1.60. The van der Waals surface area contributed by atoms with E-state index < -0.39 is 0 Å². The SMILES string of the molecule is Cc1nccc(CNC2CCC(C)(C)CC2C)n1. The Balaban J connectivity index is 1.87. The number of hydrogen-bond donors (Lipinski definition) is 1. The molecular formula is C15H25N3. The van der Waals surface area contributed by atoms with Gasteiger partial charge in [0.05, 0.1) is 5.69 Å². The van der Waals surface area contributed by atoms with E-state index in [1.807, 2.05) is 19.2 Å². The van der Waals surface area contributed by atoms with E-state index in [1.54, 1.807) is 0 Å². The van der Waals surface area contributed by atoms with Crippen LogP contribution in [0.5, 0.6) is 0 Å². The summed E-state index contributed by atoms with van der Waals surface area (Å²) in [5.41, 5.74) is 1.61. The lowest BCUT2D eigenvalue weighted by atomic mass is 9.70. The van der Waals surface area contributed by atoms with E-state index in [0.29, 0.717) is 11.5 Å². The largest absolute Gasteiger partial charge is 0.308 e. The molecule has 18 heavy (non-hydrogen) atoms. The highest BCUT2D eigenvalue weighted by atomic mass is 15.0. The molecule has 2 atom stereocenters. The monoisotopic (exact) mass is 247 g/mol. The van der Waals surface area contributed by atoms with E-state index in [9.17, 15) is 0 Å². The molecule has 0 aliphatic heterocycles. The molecule has 1 aliphatic carbocycles. The van der Waals surface area contributed by atoms with Gasteiger partial charge < -0.3 is 5.32 Å². The van der Waals surface area contributed by atoms with Crippen LogP contribution in [0.25, 0.3) is 0 Å². The van der Waals surface area contributed by atoms with E-state index in [2.05, 4.69) is 36.1 Å². The second kappa shape index (κ2) is 5.35. The van der Waals surface area contributed by atoms with Gasteiger partial charge in [0.25, 0.3) is 0 Å². The molecule has 0 saturated heterocycles. The summed E-state index contributed by atoms with van der Waals surface area (Å²) in [5, 5.41) is 3.66. The Hall–Kier alpha value is -0.960. The topological polar surface area (TPSA) is 37.8 Å². The van der Waals surface area contributed by atoms with Crippen LogP contribution in [0.4, 0.5) is 0 Å². The fourth-order valence-corrected chi connectivity index (χ4v) is 3.09. The second-order valence-corrected chi connectivity index (χ2v) is 6.47. The van der Waals surface area contributed by atoms with E-state index in [0.717, 1.165) is 24.0 Å². The number of aryl methyl sites for hydroxylation is 1. The zero-order valence-electron chi connectivity index (χ0n) is 12.0. The van der Waals surface area contributed by atoms with Crippen LogP contribution in [0.2, 0.25) is 0 Å². The molecule has 1 saturated carbocycles. The lowest BCUT2D eigenvalue weighted by molar-refractivity contribution is 0.148. The first-order valence-corrected chi connectivity index (χ1v) is 6.98. The Bertz CT molecular complexity index is 400. The maximum atomic E-state index is 4.44. The van der Waals surface area contributed by atoms with Crippen LogP contribution in [-0.4, -0.2) is 16.0 Å². The van der Waals surface area contributed by atoms with Crippen molar-refractivity contribution in [3.63, 3.8) is 0 Å². The van der Waals surface area contributed by atoms with Gasteiger partial charge in [-0.2, -0.15) is 0 Å². The zero-order chi connectivity index (χ0) is 13.2. The fourth-order valence-electron chi connectivity index (χ4n) is 3.09. The molecule has 0 bridgehead atoms. The average Bonchev–Trinajstić information content (AvgIpc) is 2.27. The van der Waals surface area contributed by atoms with Crippen LogP contribution >= 0.6 is 0 Å². The van der Waals surface area contributed by atoms with Crippen molar-refractivity contribution >= 4 is 0 Å². The van der Waals surface area contributed by atoms with Crippen molar-refractivity contribution in [1.29, 1.82) is 0 Å². The minimum atomic E-state index is 0.517. The maximum Gasteiger partial charge on any atom is 0.125 e. The molecule has 2 rings (SSSR count). The Labute approximate surface area is 110 Å². The zero-order valence-corrected chi connectivity index (χ0v) is 12.0. The van der Waals surface area contributed by atoms with Crippen LogP contribution < -0.4 is 5.32 Å². The lowest BCUT2D eigenvalue weighted by Crippen LogP contribution is -2.41. The van der Waals surface area contributed by atoms with Gasteiger partial charge in [0.2, 0.25) is 0 Å².